The third-order valence-electron chi connectivity index (χ3n) is 5.15. The van der Waals surface area contributed by atoms with E-state index in [4.69, 9.17) is 9.47 Å². The van der Waals surface area contributed by atoms with Gasteiger partial charge in [0.25, 0.3) is 5.91 Å². The Morgan fingerprint density at radius 2 is 1.49 bits per heavy atom. The van der Waals surface area contributed by atoms with Crippen LogP contribution in [0.1, 0.15) is 29.5 Å². The fourth-order valence-electron chi connectivity index (χ4n) is 3.30. The summed E-state index contributed by atoms with van der Waals surface area (Å²) in [6.45, 7) is 5.41. The van der Waals surface area contributed by atoms with Crippen LogP contribution in [0.3, 0.4) is 0 Å². The molecule has 3 rings (SSSR count). The minimum atomic E-state index is -0.625. The average molecular weight is 539 g/mol. The second-order valence-corrected chi connectivity index (χ2v) is 8.98. The zero-order valence-electron chi connectivity index (χ0n) is 19.8. The van der Waals surface area contributed by atoms with Gasteiger partial charge in [-0.3, -0.25) is 14.4 Å². The molecule has 7 nitrogen and oxygen atoms in total. The van der Waals surface area contributed by atoms with Gasteiger partial charge in [-0.1, -0.05) is 34.1 Å². The van der Waals surface area contributed by atoms with Gasteiger partial charge in [0.15, 0.2) is 6.61 Å². The molecule has 0 aliphatic heterocycles. The summed E-state index contributed by atoms with van der Waals surface area (Å²) >= 11 is 3.36. The monoisotopic (exact) mass is 538 g/mol. The summed E-state index contributed by atoms with van der Waals surface area (Å²) in [6, 6.07) is 18.4. The number of aryl methyl sites for hydroxylation is 3. The summed E-state index contributed by atoms with van der Waals surface area (Å²) in [5, 5.41) is 5.42. The number of esters is 1. The average Bonchev–Trinajstić information content (AvgIpc) is 2.82. The molecule has 0 aliphatic carbocycles. The van der Waals surface area contributed by atoms with Crippen LogP contribution in [0.4, 0.5) is 11.4 Å². The first-order valence-corrected chi connectivity index (χ1v) is 11.9. The third-order valence-corrected chi connectivity index (χ3v) is 5.64. The van der Waals surface area contributed by atoms with Crippen LogP contribution >= 0.6 is 15.9 Å². The minimum absolute atomic E-state index is 0.0626. The number of carbonyl (C=O) groups is 3. The molecule has 0 spiro atoms. The molecular weight excluding hydrogens is 512 g/mol. The van der Waals surface area contributed by atoms with Gasteiger partial charge >= 0.3 is 5.97 Å². The Balaban J connectivity index is 1.40. The summed E-state index contributed by atoms with van der Waals surface area (Å²) in [5.41, 5.74) is 4.17. The molecular formula is C27H27BrN2O5. The zero-order valence-corrected chi connectivity index (χ0v) is 21.4. The lowest BCUT2D eigenvalue weighted by Crippen LogP contribution is -2.22. The van der Waals surface area contributed by atoms with Crippen LogP contribution in [0, 0.1) is 20.8 Å². The second kappa shape index (κ2) is 12.2. The Labute approximate surface area is 213 Å². The molecule has 0 aromatic heterocycles. The number of hydrogen-bond donors (Lipinski definition) is 2. The molecule has 8 heteroatoms. The van der Waals surface area contributed by atoms with Crippen LogP contribution in [0.15, 0.2) is 65.1 Å². The lowest BCUT2D eigenvalue weighted by Gasteiger charge is -2.12. The predicted molar refractivity (Wildman–Crippen MR) is 139 cm³/mol. The van der Waals surface area contributed by atoms with Crippen molar-refractivity contribution in [3.8, 4) is 11.5 Å². The number of rotatable bonds is 9. The molecule has 182 valence electrons. The Hall–Kier alpha value is -3.65. The Morgan fingerprint density at radius 1 is 0.800 bits per heavy atom. The normalized spacial score (nSPS) is 10.4. The first-order chi connectivity index (χ1) is 16.7. The van der Waals surface area contributed by atoms with Gasteiger partial charge in [0.1, 0.15) is 11.5 Å². The van der Waals surface area contributed by atoms with E-state index in [1.807, 2.05) is 45.0 Å². The highest BCUT2D eigenvalue weighted by Crippen LogP contribution is 2.29. The van der Waals surface area contributed by atoms with Crippen molar-refractivity contribution in [3.63, 3.8) is 0 Å². The largest absolute Gasteiger partial charge is 0.457 e. The van der Waals surface area contributed by atoms with Gasteiger partial charge in [0.05, 0.1) is 6.42 Å². The summed E-state index contributed by atoms with van der Waals surface area (Å²) in [6.07, 6.45) is -0.197. The van der Waals surface area contributed by atoms with Crippen LogP contribution in [0.5, 0.6) is 11.5 Å². The van der Waals surface area contributed by atoms with E-state index in [1.165, 1.54) is 0 Å². The molecule has 3 aromatic rings. The number of nitrogens with one attached hydrogen (secondary N) is 2. The third kappa shape index (κ3) is 7.96. The lowest BCUT2D eigenvalue weighted by atomic mass is 10.1. The van der Waals surface area contributed by atoms with Gasteiger partial charge in [-0.2, -0.15) is 0 Å². The van der Waals surface area contributed by atoms with E-state index in [2.05, 4.69) is 26.6 Å². The van der Waals surface area contributed by atoms with E-state index in [9.17, 15) is 14.4 Å². The molecule has 0 aliphatic rings. The van der Waals surface area contributed by atoms with E-state index in [1.54, 1.807) is 36.4 Å². The Bertz CT molecular complexity index is 1200. The number of halogens is 1. The highest BCUT2D eigenvalue weighted by Gasteiger charge is 2.12. The number of para-hydroxylation sites is 1. The molecule has 0 bridgehead atoms. The molecule has 2 amide bonds. The summed E-state index contributed by atoms with van der Waals surface area (Å²) in [7, 11) is 0. The fourth-order valence-corrected chi connectivity index (χ4v) is 3.77. The van der Waals surface area contributed by atoms with Crippen LogP contribution in [0.2, 0.25) is 0 Å². The van der Waals surface area contributed by atoms with E-state index in [0.717, 1.165) is 26.9 Å². The number of carbonyl (C=O) groups excluding carboxylic acids is 3. The highest BCUT2D eigenvalue weighted by atomic mass is 79.9. The molecule has 3 aromatic carbocycles. The van der Waals surface area contributed by atoms with Crippen LogP contribution in [-0.2, 0) is 19.1 Å². The molecule has 0 fully saturated rings. The standard InChI is InChI=1S/C27H27BrN2O5/c1-17-5-4-6-18(2)27(17)35-22-10-8-21(9-11-22)29-24(31)13-14-26(33)34-16-25(32)30-23-12-7-20(28)15-19(23)3/h4-12,15H,13-14,16H2,1-3H3,(H,29,31)(H,30,32). The number of hydrogen-bond acceptors (Lipinski definition) is 5. The zero-order chi connectivity index (χ0) is 25.4. The Morgan fingerprint density at radius 3 is 2.14 bits per heavy atom. The van der Waals surface area contributed by atoms with Crippen molar-refractivity contribution in [2.24, 2.45) is 0 Å². The SMILES string of the molecule is Cc1cc(Br)ccc1NC(=O)COC(=O)CCC(=O)Nc1ccc(Oc2c(C)cccc2C)cc1. The first kappa shape index (κ1) is 26.0. The molecule has 0 unspecified atom stereocenters. The van der Waals surface area contributed by atoms with Crippen molar-refractivity contribution in [2.45, 2.75) is 33.6 Å². The van der Waals surface area contributed by atoms with E-state index in [0.29, 0.717) is 17.1 Å². The molecule has 0 radical (unpaired) electrons. The van der Waals surface area contributed by atoms with E-state index >= 15 is 0 Å². The summed E-state index contributed by atoms with van der Waals surface area (Å²) in [5.74, 6) is 0.0564. The summed E-state index contributed by atoms with van der Waals surface area (Å²) in [4.78, 5) is 36.2. The number of ether oxygens (including phenoxy) is 2. The van der Waals surface area contributed by atoms with Crippen molar-refractivity contribution < 1.29 is 23.9 Å². The molecule has 2 N–H and O–H groups in total. The topological polar surface area (TPSA) is 93.7 Å². The van der Waals surface area contributed by atoms with Crippen molar-refractivity contribution in [1.29, 1.82) is 0 Å². The Kier molecular flexibility index (Phi) is 9.03. The second-order valence-electron chi connectivity index (χ2n) is 8.06. The quantitative estimate of drug-likeness (QED) is 0.322. The predicted octanol–water partition coefficient (Wildman–Crippen LogP) is 6.07. The van der Waals surface area contributed by atoms with Crippen molar-refractivity contribution in [1.82, 2.24) is 0 Å². The summed E-state index contributed by atoms with van der Waals surface area (Å²) < 4.78 is 11.8. The smallest absolute Gasteiger partial charge is 0.306 e. The minimum Gasteiger partial charge on any atom is -0.457 e. The molecule has 0 saturated carbocycles. The molecule has 0 saturated heterocycles. The van der Waals surface area contributed by atoms with Gasteiger partial charge in [0.2, 0.25) is 5.91 Å². The number of benzene rings is 3. The maximum atomic E-state index is 12.2. The van der Waals surface area contributed by atoms with Crippen molar-refractivity contribution in [3.05, 3.63) is 81.8 Å². The highest BCUT2D eigenvalue weighted by molar-refractivity contribution is 9.10. The van der Waals surface area contributed by atoms with Gasteiger partial charge in [-0.05, 0) is 79.9 Å². The molecule has 35 heavy (non-hydrogen) atoms. The van der Waals surface area contributed by atoms with Gasteiger partial charge in [0, 0.05) is 22.3 Å². The maximum absolute atomic E-state index is 12.2. The van der Waals surface area contributed by atoms with Crippen LogP contribution in [-0.4, -0.2) is 24.4 Å². The van der Waals surface area contributed by atoms with Crippen molar-refractivity contribution in [2.75, 3.05) is 17.2 Å². The van der Waals surface area contributed by atoms with Gasteiger partial charge in [-0.15, -0.1) is 0 Å². The first-order valence-electron chi connectivity index (χ1n) is 11.1. The number of amides is 2. The molecule has 0 heterocycles. The van der Waals surface area contributed by atoms with Crippen LogP contribution < -0.4 is 15.4 Å². The number of anilines is 2. The van der Waals surface area contributed by atoms with Gasteiger partial charge < -0.3 is 20.1 Å². The lowest BCUT2D eigenvalue weighted by molar-refractivity contribution is -0.147. The van der Waals surface area contributed by atoms with Crippen molar-refractivity contribution >= 4 is 45.1 Å². The van der Waals surface area contributed by atoms with Gasteiger partial charge in [-0.25, -0.2) is 0 Å². The van der Waals surface area contributed by atoms with Crippen LogP contribution in [0.25, 0.3) is 0 Å². The molecule has 0 atom stereocenters. The van der Waals surface area contributed by atoms with E-state index in [-0.39, 0.29) is 18.7 Å². The fraction of sp³-hybridized carbons (Fsp3) is 0.222. The van der Waals surface area contributed by atoms with E-state index < -0.39 is 18.5 Å². The maximum Gasteiger partial charge on any atom is 0.306 e.